The van der Waals surface area contributed by atoms with Crippen molar-refractivity contribution in [1.29, 1.82) is 0 Å². The molecule has 2 aliphatic heterocycles. The standard InChI is InChI=1S/C17H27N3O3/c1-2-13-17(23)20-9-8-12(10-14(20)16(22)19-13)18-15(21)11-6-4-3-5-7-11/h11-14H,2-10H2,1H3,(H,18,21)(H,19,22)/t12-,13-,14-/m0/s1. The molecule has 128 valence electrons. The Kier molecular flexibility index (Phi) is 4.87. The van der Waals surface area contributed by atoms with E-state index < -0.39 is 6.04 Å². The minimum atomic E-state index is -0.421. The number of hydrogen-bond acceptors (Lipinski definition) is 3. The Balaban J connectivity index is 1.58. The van der Waals surface area contributed by atoms with Crippen LogP contribution in [-0.4, -0.2) is 47.3 Å². The number of nitrogens with one attached hydrogen (secondary N) is 2. The maximum Gasteiger partial charge on any atom is 0.245 e. The van der Waals surface area contributed by atoms with Crippen molar-refractivity contribution in [3.63, 3.8) is 0 Å². The third-order valence-corrected chi connectivity index (χ3v) is 5.53. The van der Waals surface area contributed by atoms with Crippen molar-refractivity contribution >= 4 is 17.7 Å². The number of carbonyl (C=O) groups excluding carboxylic acids is 3. The summed E-state index contributed by atoms with van der Waals surface area (Å²) < 4.78 is 0. The van der Waals surface area contributed by atoms with Gasteiger partial charge in [-0.2, -0.15) is 0 Å². The van der Waals surface area contributed by atoms with Crippen LogP contribution in [0.4, 0.5) is 0 Å². The summed E-state index contributed by atoms with van der Waals surface area (Å²) in [5.41, 5.74) is 0. The van der Waals surface area contributed by atoms with E-state index in [1.54, 1.807) is 4.90 Å². The number of carbonyl (C=O) groups is 3. The van der Waals surface area contributed by atoms with E-state index in [1.165, 1.54) is 6.42 Å². The molecular weight excluding hydrogens is 294 g/mol. The van der Waals surface area contributed by atoms with E-state index in [0.29, 0.717) is 19.4 Å². The van der Waals surface area contributed by atoms with Gasteiger partial charge in [0.25, 0.3) is 0 Å². The normalized spacial score (nSPS) is 32.2. The molecule has 0 spiro atoms. The van der Waals surface area contributed by atoms with Crippen LogP contribution in [0.1, 0.15) is 58.3 Å². The van der Waals surface area contributed by atoms with Gasteiger partial charge in [0.2, 0.25) is 17.7 Å². The lowest BCUT2D eigenvalue weighted by molar-refractivity contribution is -0.152. The third-order valence-electron chi connectivity index (χ3n) is 5.53. The second kappa shape index (κ2) is 6.89. The highest BCUT2D eigenvalue weighted by molar-refractivity contribution is 5.97. The van der Waals surface area contributed by atoms with Gasteiger partial charge in [0.05, 0.1) is 0 Å². The highest BCUT2D eigenvalue weighted by Crippen LogP contribution is 2.26. The molecule has 0 unspecified atom stereocenters. The summed E-state index contributed by atoms with van der Waals surface area (Å²) in [6, 6.07) is -0.801. The minimum absolute atomic E-state index is 0.00223. The molecule has 2 saturated heterocycles. The van der Waals surface area contributed by atoms with Crippen LogP contribution in [0.15, 0.2) is 0 Å². The van der Waals surface area contributed by atoms with Gasteiger partial charge in [-0.15, -0.1) is 0 Å². The topological polar surface area (TPSA) is 78.5 Å². The molecule has 0 radical (unpaired) electrons. The predicted octanol–water partition coefficient (Wildman–Crippen LogP) is 0.951. The largest absolute Gasteiger partial charge is 0.353 e. The number of nitrogens with zero attached hydrogens (tertiary/aromatic N) is 1. The highest BCUT2D eigenvalue weighted by Gasteiger charge is 2.43. The van der Waals surface area contributed by atoms with Crippen molar-refractivity contribution in [3.8, 4) is 0 Å². The molecule has 1 saturated carbocycles. The lowest BCUT2D eigenvalue weighted by atomic mass is 9.87. The Hall–Kier alpha value is -1.59. The van der Waals surface area contributed by atoms with Crippen LogP contribution in [0.2, 0.25) is 0 Å². The van der Waals surface area contributed by atoms with E-state index in [-0.39, 0.29) is 35.7 Å². The van der Waals surface area contributed by atoms with Gasteiger partial charge in [0, 0.05) is 18.5 Å². The Labute approximate surface area is 137 Å². The number of piperazine rings is 1. The smallest absolute Gasteiger partial charge is 0.245 e. The second-order valence-corrected chi connectivity index (χ2v) is 7.08. The summed E-state index contributed by atoms with van der Waals surface area (Å²) in [5, 5.41) is 5.93. The monoisotopic (exact) mass is 321 g/mol. The van der Waals surface area contributed by atoms with E-state index in [2.05, 4.69) is 10.6 Å². The fourth-order valence-electron chi connectivity index (χ4n) is 4.10. The van der Waals surface area contributed by atoms with E-state index in [4.69, 9.17) is 0 Å². The first-order valence-corrected chi connectivity index (χ1v) is 9.01. The van der Waals surface area contributed by atoms with Crippen LogP contribution < -0.4 is 10.6 Å². The maximum absolute atomic E-state index is 12.4. The average molecular weight is 321 g/mol. The number of piperidine rings is 1. The van der Waals surface area contributed by atoms with Crippen LogP contribution in [0.25, 0.3) is 0 Å². The van der Waals surface area contributed by atoms with Crippen molar-refractivity contribution in [2.45, 2.75) is 76.4 Å². The van der Waals surface area contributed by atoms with Crippen molar-refractivity contribution in [1.82, 2.24) is 15.5 Å². The Bertz CT molecular complexity index is 487. The molecule has 3 fully saturated rings. The van der Waals surface area contributed by atoms with Gasteiger partial charge in [0.1, 0.15) is 12.1 Å². The zero-order valence-corrected chi connectivity index (χ0v) is 13.8. The van der Waals surface area contributed by atoms with Crippen LogP contribution in [0.3, 0.4) is 0 Å². The Morgan fingerprint density at radius 3 is 2.65 bits per heavy atom. The van der Waals surface area contributed by atoms with Crippen molar-refractivity contribution in [2.75, 3.05) is 6.54 Å². The zero-order valence-electron chi connectivity index (χ0n) is 13.8. The molecule has 0 bridgehead atoms. The van der Waals surface area contributed by atoms with Crippen LogP contribution in [0, 0.1) is 5.92 Å². The summed E-state index contributed by atoms with van der Waals surface area (Å²) in [7, 11) is 0. The van der Waals surface area contributed by atoms with Gasteiger partial charge in [-0.1, -0.05) is 26.2 Å². The van der Waals surface area contributed by atoms with Gasteiger partial charge in [-0.05, 0) is 32.1 Å². The molecule has 23 heavy (non-hydrogen) atoms. The van der Waals surface area contributed by atoms with Crippen molar-refractivity contribution in [3.05, 3.63) is 0 Å². The highest BCUT2D eigenvalue weighted by atomic mass is 16.2. The van der Waals surface area contributed by atoms with Crippen molar-refractivity contribution < 1.29 is 14.4 Å². The van der Waals surface area contributed by atoms with Gasteiger partial charge >= 0.3 is 0 Å². The SMILES string of the molecule is CC[C@@H]1NC(=O)[C@@H]2C[C@@H](NC(=O)C3CCCCC3)CCN2C1=O. The van der Waals surface area contributed by atoms with Crippen LogP contribution in [0.5, 0.6) is 0 Å². The summed E-state index contributed by atoms with van der Waals surface area (Å²) in [5.74, 6) is 0.215. The molecule has 3 atom stereocenters. The van der Waals surface area contributed by atoms with Gasteiger partial charge in [0.15, 0.2) is 0 Å². The Morgan fingerprint density at radius 2 is 1.96 bits per heavy atom. The van der Waals surface area contributed by atoms with Crippen LogP contribution in [-0.2, 0) is 14.4 Å². The lowest BCUT2D eigenvalue weighted by Gasteiger charge is -2.44. The molecule has 3 rings (SSSR count). The van der Waals surface area contributed by atoms with E-state index in [1.807, 2.05) is 6.92 Å². The predicted molar refractivity (Wildman–Crippen MR) is 85.5 cm³/mol. The van der Waals surface area contributed by atoms with E-state index in [0.717, 1.165) is 32.1 Å². The molecule has 1 aliphatic carbocycles. The number of amides is 3. The quantitative estimate of drug-likeness (QED) is 0.812. The van der Waals surface area contributed by atoms with Gasteiger partial charge in [-0.3, -0.25) is 14.4 Å². The van der Waals surface area contributed by atoms with Crippen LogP contribution >= 0.6 is 0 Å². The molecular formula is C17H27N3O3. The number of rotatable bonds is 3. The zero-order chi connectivity index (χ0) is 16.4. The molecule has 2 N–H and O–H groups in total. The fraction of sp³-hybridized carbons (Fsp3) is 0.824. The molecule has 3 aliphatic rings. The summed E-state index contributed by atoms with van der Waals surface area (Å²) in [6.45, 7) is 2.46. The maximum atomic E-state index is 12.4. The first-order chi connectivity index (χ1) is 11.1. The summed E-state index contributed by atoms with van der Waals surface area (Å²) in [6.07, 6.45) is 7.34. The fourth-order valence-corrected chi connectivity index (χ4v) is 4.10. The second-order valence-electron chi connectivity index (χ2n) is 7.08. The molecule has 2 heterocycles. The number of hydrogen-bond donors (Lipinski definition) is 2. The molecule has 0 aromatic heterocycles. The van der Waals surface area contributed by atoms with E-state index >= 15 is 0 Å². The Morgan fingerprint density at radius 1 is 1.22 bits per heavy atom. The molecule has 6 heteroatoms. The van der Waals surface area contributed by atoms with E-state index in [9.17, 15) is 14.4 Å². The summed E-state index contributed by atoms with van der Waals surface area (Å²) >= 11 is 0. The molecule has 6 nitrogen and oxygen atoms in total. The van der Waals surface area contributed by atoms with Gasteiger partial charge < -0.3 is 15.5 Å². The first-order valence-electron chi connectivity index (χ1n) is 9.01. The van der Waals surface area contributed by atoms with Gasteiger partial charge in [-0.25, -0.2) is 0 Å². The molecule has 0 aromatic rings. The number of fused-ring (bicyclic) bond motifs is 1. The third kappa shape index (κ3) is 3.35. The lowest BCUT2D eigenvalue weighted by Crippen LogP contribution is -2.66. The summed E-state index contributed by atoms with van der Waals surface area (Å²) in [4.78, 5) is 38.7. The van der Waals surface area contributed by atoms with Crippen molar-refractivity contribution in [2.24, 2.45) is 5.92 Å². The first kappa shape index (κ1) is 16.3. The molecule has 0 aromatic carbocycles. The minimum Gasteiger partial charge on any atom is -0.353 e. The molecule has 3 amide bonds. The average Bonchev–Trinajstić information content (AvgIpc) is 2.58.